The Balaban J connectivity index is 2.47. The van der Waals surface area contributed by atoms with Gasteiger partial charge in [-0.25, -0.2) is 0 Å². The van der Waals surface area contributed by atoms with Crippen molar-refractivity contribution < 1.29 is 19.4 Å². The van der Waals surface area contributed by atoms with E-state index in [-0.39, 0.29) is 18.3 Å². The zero-order chi connectivity index (χ0) is 14.1. The van der Waals surface area contributed by atoms with Crippen molar-refractivity contribution in [3.8, 4) is 0 Å². The number of carbonyl (C=O) groups excluding carboxylic acids is 1. The number of nitrogens with one attached hydrogen (secondary N) is 1. The van der Waals surface area contributed by atoms with Crippen LogP contribution in [-0.2, 0) is 20.1 Å². The number of hydrogen-bond acceptors (Lipinski definition) is 4. The van der Waals surface area contributed by atoms with Crippen LogP contribution >= 0.6 is 11.8 Å². The number of aliphatic carboxylic acids is 1. The topological polar surface area (TPSA) is 75.6 Å². The molecule has 6 heteroatoms. The molecule has 0 heterocycles. The molecule has 0 aromatic heterocycles. The summed E-state index contributed by atoms with van der Waals surface area (Å²) >= 11 is 1.32. The highest BCUT2D eigenvalue weighted by atomic mass is 32.2. The minimum Gasteiger partial charge on any atom is -0.481 e. The molecule has 2 N–H and O–H groups in total. The average Bonchev–Trinajstić information content (AvgIpc) is 2.36. The van der Waals surface area contributed by atoms with Crippen molar-refractivity contribution in [3.63, 3.8) is 0 Å². The van der Waals surface area contributed by atoms with Crippen LogP contribution in [0.5, 0.6) is 0 Å². The van der Waals surface area contributed by atoms with E-state index in [4.69, 9.17) is 9.84 Å². The second-order valence-electron chi connectivity index (χ2n) is 3.77. The maximum absolute atomic E-state index is 11.5. The lowest BCUT2D eigenvalue weighted by atomic mass is 10.2. The predicted octanol–water partition coefficient (Wildman–Crippen LogP) is 1.98. The second-order valence-corrected chi connectivity index (χ2v) is 4.76. The fourth-order valence-corrected chi connectivity index (χ4v) is 2.08. The van der Waals surface area contributed by atoms with Crippen molar-refractivity contribution in [2.24, 2.45) is 0 Å². The summed E-state index contributed by atoms with van der Waals surface area (Å²) in [7, 11) is 0. The molecule has 1 aromatic rings. The Morgan fingerprint density at radius 1 is 1.42 bits per heavy atom. The van der Waals surface area contributed by atoms with Gasteiger partial charge in [0.25, 0.3) is 0 Å². The lowest BCUT2D eigenvalue weighted by Gasteiger charge is -2.07. The molecule has 0 aliphatic carbocycles. The first-order valence-corrected chi connectivity index (χ1v) is 7.03. The molecule has 104 valence electrons. The van der Waals surface area contributed by atoms with Crippen molar-refractivity contribution in [2.75, 3.05) is 24.3 Å². The fourth-order valence-electron chi connectivity index (χ4n) is 1.39. The van der Waals surface area contributed by atoms with E-state index in [0.717, 1.165) is 5.56 Å². The largest absolute Gasteiger partial charge is 0.481 e. The van der Waals surface area contributed by atoms with E-state index in [1.807, 2.05) is 25.1 Å². The van der Waals surface area contributed by atoms with Crippen molar-refractivity contribution in [1.82, 2.24) is 0 Å². The van der Waals surface area contributed by atoms with Crippen LogP contribution in [0.25, 0.3) is 0 Å². The van der Waals surface area contributed by atoms with Crippen molar-refractivity contribution in [1.29, 1.82) is 0 Å². The molecule has 0 saturated heterocycles. The maximum Gasteiger partial charge on any atom is 0.313 e. The van der Waals surface area contributed by atoms with Gasteiger partial charge in [0.2, 0.25) is 5.91 Å². The van der Waals surface area contributed by atoms with Crippen LogP contribution in [0.4, 0.5) is 5.69 Å². The number of carboxylic acid groups (broad SMARTS) is 1. The number of rotatable bonds is 8. The van der Waals surface area contributed by atoms with E-state index in [1.165, 1.54) is 11.8 Å². The highest BCUT2D eigenvalue weighted by molar-refractivity contribution is 7.99. The van der Waals surface area contributed by atoms with Crippen LogP contribution in [0.2, 0.25) is 0 Å². The molecular weight excluding hydrogens is 266 g/mol. The van der Waals surface area contributed by atoms with Crippen LogP contribution in [0, 0.1) is 0 Å². The highest BCUT2D eigenvalue weighted by Gasteiger charge is 2.03. The summed E-state index contributed by atoms with van der Waals surface area (Å²) in [5.41, 5.74) is 1.67. The standard InChI is InChI=1S/C13H17NO4S/c1-2-18-7-12(15)14-11-5-3-4-10(6-11)8-19-9-13(16)17/h3-6H,2,7-9H2,1H3,(H,14,15)(H,16,17). The Labute approximate surface area is 116 Å². The van der Waals surface area contributed by atoms with E-state index >= 15 is 0 Å². The summed E-state index contributed by atoms with van der Waals surface area (Å²) in [5, 5.41) is 11.3. The van der Waals surface area contributed by atoms with E-state index in [0.29, 0.717) is 18.0 Å². The van der Waals surface area contributed by atoms with Crippen molar-refractivity contribution >= 4 is 29.3 Å². The molecule has 0 bridgehead atoms. The van der Waals surface area contributed by atoms with Crippen LogP contribution in [0.15, 0.2) is 24.3 Å². The van der Waals surface area contributed by atoms with Crippen LogP contribution in [-0.4, -0.2) is 35.9 Å². The molecule has 0 radical (unpaired) electrons. The normalized spacial score (nSPS) is 10.2. The zero-order valence-electron chi connectivity index (χ0n) is 10.7. The third-order valence-electron chi connectivity index (χ3n) is 2.14. The molecule has 0 saturated carbocycles. The Bertz CT molecular complexity index is 436. The van der Waals surface area contributed by atoms with Gasteiger partial charge in [-0.05, 0) is 24.6 Å². The number of carboxylic acids is 1. The molecular formula is C13H17NO4S. The van der Waals surface area contributed by atoms with Gasteiger partial charge in [0.15, 0.2) is 0 Å². The number of thioether (sulfide) groups is 1. The van der Waals surface area contributed by atoms with Gasteiger partial charge in [0, 0.05) is 18.0 Å². The Morgan fingerprint density at radius 3 is 2.89 bits per heavy atom. The lowest BCUT2D eigenvalue weighted by molar-refractivity contribution is -0.133. The van der Waals surface area contributed by atoms with Gasteiger partial charge in [-0.15, -0.1) is 11.8 Å². The minimum absolute atomic E-state index is 0.0362. The summed E-state index contributed by atoms with van der Waals surface area (Å²) in [4.78, 5) is 21.9. The number of amides is 1. The van der Waals surface area contributed by atoms with E-state index in [9.17, 15) is 9.59 Å². The van der Waals surface area contributed by atoms with Crippen molar-refractivity contribution in [2.45, 2.75) is 12.7 Å². The van der Waals surface area contributed by atoms with Crippen LogP contribution < -0.4 is 5.32 Å². The third-order valence-corrected chi connectivity index (χ3v) is 3.13. The summed E-state index contributed by atoms with van der Waals surface area (Å²) in [6.45, 7) is 2.36. The Morgan fingerprint density at radius 2 is 2.21 bits per heavy atom. The minimum atomic E-state index is -0.828. The number of hydrogen-bond donors (Lipinski definition) is 2. The maximum atomic E-state index is 11.5. The number of carbonyl (C=O) groups is 2. The first-order valence-electron chi connectivity index (χ1n) is 5.88. The predicted molar refractivity (Wildman–Crippen MR) is 75.4 cm³/mol. The smallest absolute Gasteiger partial charge is 0.313 e. The molecule has 0 fully saturated rings. The summed E-state index contributed by atoms with van der Waals surface area (Å²) in [6.07, 6.45) is 0. The fraction of sp³-hybridized carbons (Fsp3) is 0.385. The molecule has 1 amide bonds. The molecule has 1 aromatic carbocycles. The molecule has 0 atom stereocenters. The Kier molecular flexibility index (Phi) is 6.99. The average molecular weight is 283 g/mol. The lowest BCUT2D eigenvalue weighted by Crippen LogP contribution is -2.18. The van der Waals surface area contributed by atoms with Gasteiger partial charge in [-0.1, -0.05) is 12.1 Å². The van der Waals surface area contributed by atoms with Crippen LogP contribution in [0.3, 0.4) is 0 Å². The molecule has 19 heavy (non-hydrogen) atoms. The number of ether oxygens (including phenoxy) is 1. The molecule has 0 aliphatic rings. The van der Waals surface area contributed by atoms with Gasteiger partial charge in [0.1, 0.15) is 6.61 Å². The first kappa shape index (κ1) is 15.5. The molecule has 5 nitrogen and oxygen atoms in total. The number of anilines is 1. The SMILES string of the molecule is CCOCC(=O)Nc1cccc(CSCC(=O)O)c1. The zero-order valence-corrected chi connectivity index (χ0v) is 11.5. The summed E-state index contributed by atoms with van der Waals surface area (Å²) in [6, 6.07) is 7.34. The molecule has 0 spiro atoms. The highest BCUT2D eigenvalue weighted by Crippen LogP contribution is 2.16. The third kappa shape index (κ3) is 6.83. The molecule has 0 aliphatic heterocycles. The summed E-state index contributed by atoms with van der Waals surface area (Å²) in [5.74, 6) is -0.356. The van der Waals surface area contributed by atoms with Gasteiger partial charge in [0.05, 0.1) is 5.75 Å². The van der Waals surface area contributed by atoms with E-state index < -0.39 is 5.97 Å². The van der Waals surface area contributed by atoms with Crippen molar-refractivity contribution in [3.05, 3.63) is 29.8 Å². The van der Waals surface area contributed by atoms with E-state index in [1.54, 1.807) is 6.07 Å². The monoisotopic (exact) mass is 283 g/mol. The van der Waals surface area contributed by atoms with Gasteiger partial charge < -0.3 is 15.2 Å². The second kappa shape index (κ2) is 8.55. The quantitative estimate of drug-likeness (QED) is 0.763. The first-order chi connectivity index (χ1) is 9.11. The molecule has 1 rings (SSSR count). The van der Waals surface area contributed by atoms with Gasteiger partial charge >= 0.3 is 5.97 Å². The van der Waals surface area contributed by atoms with Crippen LogP contribution in [0.1, 0.15) is 12.5 Å². The summed E-state index contributed by atoms with van der Waals surface area (Å²) < 4.78 is 5.01. The van der Waals surface area contributed by atoms with E-state index in [2.05, 4.69) is 5.32 Å². The number of benzene rings is 1. The molecule has 0 unspecified atom stereocenters. The van der Waals surface area contributed by atoms with Gasteiger partial charge in [-0.2, -0.15) is 0 Å². The van der Waals surface area contributed by atoms with Gasteiger partial charge in [-0.3, -0.25) is 9.59 Å². The Hall–Kier alpha value is -1.53.